The van der Waals surface area contributed by atoms with E-state index in [9.17, 15) is 9.59 Å². The fourth-order valence-electron chi connectivity index (χ4n) is 3.64. The molecule has 7 heteroatoms. The first-order valence-corrected chi connectivity index (χ1v) is 10.7. The number of benzene rings is 3. The summed E-state index contributed by atoms with van der Waals surface area (Å²) in [4.78, 5) is 27.2. The molecule has 0 saturated heterocycles. The average molecular weight is 447 g/mol. The lowest BCUT2D eigenvalue weighted by molar-refractivity contribution is -0.125. The minimum absolute atomic E-state index is 0.161. The van der Waals surface area contributed by atoms with E-state index in [1.807, 2.05) is 31.2 Å². The Balaban J connectivity index is 1.51. The van der Waals surface area contributed by atoms with E-state index in [1.54, 1.807) is 61.4 Å². The number of anilines is 2. The number of carbonyl (C=O) groups excluding carboxylic acids is 2. The number of nitrogens with zero attached hydrogens (tertiary/aromatic N) is 1. The van der Waals surface area contributed by atoms with Crippen molar-refractivity contribution in [1.29, 1.82) is 0 Å². The number of fused-ring (bicyclic) bond motifs is 1. The van der Waals surface area contributed by atoms with E-state index in [1.165, 1.54) is 0 Å². The van der Waals surface area contributed by atoms with Crippen molar-refractivity contribution in [3.8, 4) is 17.2 Å². The van der Waals surface area contributed by atoms with Crippen LogP contribution >= 0.6 is 0 Å². The Labute approximate surface area is 192 Å². The van der Waals surface area contributed by atoms with Crippen molar-refractivity contribution in [3.63, 3.8) is 0 Å². The van der Waals surface area contributed by atoms with E-state index in [0.717, 1.165) is 11.3 Å². The third-order valence-corrected chi connectivity index (χ3v) is 5.33. The smallest absolute Gasteiger partial charge is 0.267 e. The standard InChI is InChI=1S/C26H26N2O5/c1-17-6-4-9-22(14-17)32-13-12-28-23-16-20(10-11-24(23)33-18(2)26(28)30)27-25(29)19-7-5-8-21(15-19)31-3/h4-11,14-16,18H,12-13H2,1-3H3,(H,27,29). The third kappa shape index (κ3) is 5.09. The molecule has 0 saturated carbocycles. The Bertz CT molecular complexity index is 1180. The van der Waals surface area contributed by atoms with Gasteiger partial charge in [0.25, 0.3) is 11.8 Å². The molecular formula is C26H26N2O5. The zero-order chi connectivity index (χ0) is 23.4. The maximum Gasteiger partial charge on any atom is 0.267 e. The molecule has 3 aromatic rings. The van der Waals surface area contributed by atoms with Crippen molar-refractivity contribution in [1.82, 2.24) is 0 Å². The Hall–Kier alpha value is -4.00. The highest BCUT2D eigenvalue weighted by Crippen LogP contribution is 2.36. The second kappa shape index (κ2) is 9.65. The highest BCUT2D eigenvalue weighted by atomic mass is 16.5. The van der Waals surface area contributed by atoms with E-state index in [0.29, 0.717) is 41.6 Å². The predicted octanol–water partition coefficient (Wildman–Crippen LogP) is 4.45. The fraction of sp³-hybridized carbons (Fsp3) is 0.231. The number of aryl methyl sites for hydroxylation is 1. The Morgan fingerprint density at radius 1 is 1.06 bits per heavy atom. The Morgan fingerprint density at radius 3 is 2.64 bits per heavy atom. The summed E-state index contributed by atoms with van der Waals surface area (Å²) >= 11 is 0. The first kappa shape index (κ1) is 22.2. The summed E-state index contributed by atoms with van der Waals surface area (Å²) in [5, 5.41) is 2.88. The quantitative estimate of drug-likeness (QED) is 0.580. The summed E-state index contributed by atoms with van der Waals surface area (Å²) in [6.07, 6.45) is -0.603. The lowest BCUT2D eigenvalue weighted by Crippen LogP contribution is -2.46. The van der Waals surface area contributed by atoms with Gasteiger partial charge in [-0.2, -0.15) is 0 Å². The lowest BCUT2D eigenvalue weighted by Gasteiger charge is -2.33. The van der Waals surface area contributed by atoms with Crippen molar-refractivity contribution in [2.24, 2.45) is 0 Å². The number of amides is 2. The monoisotopic (exact) mass is 446 g/mol. The normalized spacial score (nSPS) is 14.8. The minimum Gasteiger partial charge on any atom is -0.497 e. The fourth-order valence-corrected chi connectivity index (χ4v) is 3.64. The van der Waals surface area contributed by atoms with Gasteiger partial charge in [0, 0.05) is 11.3 Å². The summed E-state index contributed by atoms with van der Waals surface area (Å²) in [6, 6.07) is 19.9. The topological polar surface area (TPSA) is 77.1 Å². The van der Waals surface area contributed by atoms with Gasteiger partial charge in [-0.15, -0.1) is 0 Å². The molecule has 1 atom stereocenters. The minimum atomic E-state index is -0.603. The van der Waals surface area contributed by atoms with Gasteiger partial charge in [-0.1, -0.05) is 18.2 Å². The molecule has 1 aliphatic heterocycles. The van der Waals surface area contributed by atoms with Crippen LogP contribution in [0.15, 0.2) is 66.7 Å². The summed E-state index contributed by atoms with van der Waals surface area (Å²) in [7, 11) is 1.55. The maximum absolute atomic E-state index is 12.9. The van der Waals surface area contributed by atoms with E-state index >= 15 is 0 Å². The van der Waals surface area contributed by atoms with Gasteiger partial charge in [0.15, 0.2) is 6.10 Å². The molecule has 0 aromatic heterocycles. The SMILES string of the molecule is COc1cccc(C(=O)Nc2ccc3c(c2)N(CCOc2cccc(C)c2)C(=O)C(C)O3)c1. The zero-order valence-corrected chi connectivity index (χ0v) is 18.8. The van der Waals surface area contributed by atoms with Crippen LogP contribution in [-0.4, -0.2) is 38.2 Å². The highest BCUT2D eigenvalue weighted by Gasteiger charge is 2.31. The molecule has 2 amide bonds. The molecule has 0 spiro atoms. The zero-order valence-electron chi connectivity index (χ0n) is 18.8. The average Bonchev–Trinajstić information content (AvgIpc) is 2.82. The summed E-state index contributed by atoms with van der Waals surface area (Å²) in [6.45, 7) is 4.39. The molecule has 170 valence electrons. The summed E-state index contributed by atoms with van der Waals surface area (Å²) in [5.41, 5.74) is 2.72. The van der Waals surface area contributed by atoms with Crippen molar-refractivity contribution in [3.05, 3.63) is 77.9 Å². The third-order valence-electron chi connectivity index (χ3n) is 5.33. The molecule has 0 aliphatic carbocycles. The van der Waals surface area contributed by atoms with Gasteiger partial charge in [-0.25, -0.2) is 0 Å². The van der Waals surface area contributed by atoms with Crippen LogP contribution in [0.2, 0.25) is 0 Å². The van der Waals surface area contributed by atoms with Crippen LogP contribution in [0.1, 0.15) is 22.8 Å². The van der Waals surface area contributed by atoms with Crippen molar-refractivity contribution in [2.75, 3.05) is 30.5 Å². The maximum atomic E-state index is 12.9. The second-order valence-corrected chi connectivity index (χ2v) is 7.78. The van der Waals surface area contributed by atoms with E-state index in [-0.39, 0.29) is 11.8 Å². The molecule has 1 unspecified atom stereocenters. The lowest BCUT2D eigenvalue weighted by atomic mass is 10.1. The molecule has 7 nitrogen and oxygen atoms in total. The van der Waals surface area contributed by atoms with Crippen LogP contribution in [0.25, 0.3) is 0 Å². The molecule has 3 aromatic carbocycles. The Kier molecular flexibility index (Phi) is 6.49. The van der Waals surface area contributed by atoms with E-state index in [4.69, 9.17) is 14.2 Å². The number of ether oxygens (including phenoxy) is 3. The summed E-state index contributed by atoms with van der Waals surface area (Å²) in [5.74, 6) is 1.49. The predicted molar refractivity (Wildman–Crippen MR) is 127 cm³/mol. The molecule has 4 rings (SSSR count). The van der Waals surface area contributed by atoms with Gasteiger partial charge >= 0.3 is 0 Å². The van der Waals surface area contributed by atoms with Crippen LogP contribution in [0.3, 0.4) is 0 Å². The van der Waals surface area contributed by atoms with E-state index in [2.05, 4.69) is 5.32 Å². The Morgan fingerprint density at radius 2 is 1.85 bits per heavy atom. The molecule has 33 heavy (non-hydrogen) atoms. The number of methoxy groups -OCH3 is 1. The number of rotatable bonds is 7. The van der Waals surface area contributed by atoms with Crippen molar-refractivity contribution in [2.45, 2.75) is 20.0 Å². The molecule has 1 aliphatic rings. The highest BCUT2D eigenvalue weighted by molar-refractivity contribution is 6.06. The second-order valence-electron chi connectivity index (χ2n) is 7.78. The van der Waals surface area contributed by atoms with Gasteiger partial charge in [0.05, 0.1) is 19.3 Å². The van der Waals surface area contributed by atoms with Gasteiger partial charge in [-0.3, -0.25) is 9.59 Å². The van der Waals surface area contributed by atoms with Gasteiger partial charge in [0.2, 0.25) is 0 Å². The first-order chi connectivity index (χ1) is 15.9. The van der Waals surface area contributed by atoms with Crippen LogP contribution in [0.5, 0.6) is 17.2 Å². The van der Waals surface area contributed by atoms with Crippen LogP contribution < -0.4 is 24.4 Å². The van der Waals surface area contributed by atoms with Gasteiger partial charge in [0.1, 0.15) is 23.9 Å². The van der Waals surface area contributed by atoms with Gasteiger partial charge < -0.3 is 24.4 Å². The first-order valence-electron chi connectivity index (χ1n) is 10.7. The van der Waals surface area contributed by atoms with Crippen LogP contribution in [0, 0.1) is 6.92 Å². The molecule has 1 N–H and O–H groups in total. The van der Waals surface area contributed by atoms with Crippen molar-refractivity contribution >= 4 is 23.2 Å². The summed E-state index contributed by atoms with van der Waals surface area (Å²) < 4.78 is 16.8. The molecule has 0 fully saturated rings. The largest absolute Gasteiger partial charge is 0.497 e. The molecule has 0 bridgehead atoms. The van der Waals surface area contributed by atoms with Gasteiger partial charge in [-0.05, 0) is 67.9 Å². The number of hydrogen-bond donors (Lipinski definition) is 1. The number of carbonyl (C=O) groups is 2. The number of hydrogen-bond acceptors (Lipinski definition) is 5. The van der Waals surface area contributed by atoms with Crippen LogP contribution in [-0.2, 0) is 4.79 Å². The molecule has 1 heterocycles. The molecular weight excluding hydrogens is 420 g/mol. The number of nitrogens with one attached hydrogen (secondary N) is 1. The molecule has 0 radical (unpaired) electrons. The van der Waals surface area contributed by atoms with Crippen LogP contribution in [0.4, 0.5) is 11.4 Å². The van der Waals surface area contributed by atoms with Crippen molar-refractivity contribution < 1.29 is 23.8 Å². The van der Waals surface area contributed by atoms with E-state index < -0.39 is 6.10 Å².